The number of nitrogens with zero attached hydrogens (tertiary/aromatic N) is 1. The average molecular weight is 238 g/mol. The maximum atomic E-state index is 11.0. The highest BCUT2D eigenvalue weighted by Gasteiger charge is 2.17. The molecule has 0 amide bonds. The summed E-state index contributed by atoms with van der Waals surface area (Å²) in [6.07, 6.45) is 2.02. The van der Waals surface area contributed by atoms with E-state index in [2.05, 4.69) is 10.3 Å². The number of nitrogens with one attached hydrogen (secondary N) is 1. The normalized spacial score (nSPS) is 12.5. The number of aliphatic hydroxyl groups excluding tert-OH is 1. The molecule has 1 unspecified atom stereocenters. The van der Waals surface area contributed by atoms with E-state index >= 15 is 0 Å². The highest BCUT2D eigenvalue weighted by molar-refractivity contribution is 5.91. The number of carboxylic acid groups (broad SMARTS) is 1. The third kappa shape index (κ3) is 3.71. The first kappa shape index (κ1) is 13.4. The quantitative estimate of drug-likeness (QED) is 0.701. The predicted octanol–water partition coefficient (Wildman–Crippen LogP) is 1.60. The van der Waals surface area contributed by atoms with Crippen molar-refractivity contribution in [3.63, 3.8) is 0 Å². The molecular weight excluding hydrogens is 220 g/mol. The van der Waals surface area contributed by atoms with Gasteiger partial charge in [-0.2, -0.15) is 0 Å². The molecule has 0 aliphatic heterocycles. The second kappa shape index (κ2) is 6.20. The number of carbonyl (C=O) groups is 1. The zero-order chi connectivity index (χ0) is 12.8. The number of aliphatic hydroxyl groups is 1. The number of aromatic carboxylic acids is 1. The summed E-state index contributed by atoms with van der Waals surface area (Å²) in [6.45, 7) is 4.10. The maximum absolute atomic E-state index is 11.0. The summed E-state index contributed by atoms with van der Waals surface area (Å²) < 4.78 is 0. The standard InChI is InChI=1S/C12H18N2O3/c1-8(2)9(5-7-15)14-10-4-3-6-13-11(10)12(16)17/h3-4,6,8-9,14-15H,5,7H2,1-2H3,(H,16,17). The van der Waals surface area contributed by atoms with Crippen molar-refractivity contribution >= 4 is 11.7 Å². The Morgan fingerprint density at radius 3 is 2.76 bits per heavy atom. The van der Waals surface area contributed by atoms with E-state index in [9.17, 15) is 4.79 Å². The molecule has 1 rings (SSSR count). The second-order valence-corrected chi connectivity index (χ2v) is 4.21. The summed E-state index contributed by atoms with van der Waals surface area (Å²) >= 11 is 0. The SMILES string of the molecule is CC(C)C(CCO)Nc1cccnc1C(=O)O. The maximum Gasteiger partial charge on any atom is 0.356 e. The molecule has 94 valence electrons. The van der Waals surface area contributed by atoms with Gasteiger partial charge in [0.15, 0.2) is 5.69 Å². The molecule has 1 aromatic heterocycles. The molecule has 1 atom stereocenters. The topological polar surface area (TPSA) is 82.5 Å². The van der Waals surface area contributed by atoms with E-state index in [-0.39, 0.29) is 18.3 Å². The monoisotopic (exact) mass is 238 g/mol. The number of pyridine rings is 1. The predicted molar refractivity (Wildman–Crippen MR) is 65.1 cm³/mol. The highest BCUT2D eigenvalue weighted by atomic mass is 16.4. The van der Waals surface area contributed by atoms with Crippen LogP contribution in [0.4, 0.5) is 5.69 Å². The molecule has 0 saturated heterocycles. The third-order valence-corrected chi connectivity index (χ3v) is 2.60. The fourth-order valence-electron chi connectivity index (χ4n) is 1.60. The molecule has 1 aromatic rings. The molecule has 5 nitrogen and oxygen atoms in total. The van der Waals surface area contributed by atoms with Gasteiger partial charge in [0.25, 0.3) is 0 Å². The number of rotatable bonds is 6. The van der Waals surface area contributed by atoms with E-state index in [1.165, 1.54) is 6.20 Å². The Morgan fingerprint density at radius 2 is 2.24 bits per heavy atom. The summed E-state index contributed by atoms with van der Waals surface area (Å²) in [5.74, 6) is -0.761. The van der Waals surface area contributed by atoms with E-state index in [1.807, 2.05) is 13.8 Å². The molecule has 0 radical (unpaired) electrons. The molecule has 0 bridgehead atoms. The van der Waals surface area contributed by atoms with Crippen LogP contribution in [0.2, 0.25) is 0 Å². The van der Waals surface area contributed by atoms with E-state index in [1.54, 1.807) is 12.1 Å². The van der Waals surface area contributed by atoms with Gasteiger partial charge in [0.05, 0.1) is 5.69 Å². The van der Waals surface area contributed by atoms with Crippen molar-refractivity contribution in [1.29, 1.82) is 0 Å². The lowest BCUT2D eigenvalue weighted by Gasteiger charge is -2.23. The third-order valence-electron chi connectivity index (χ3n) is 2.60. The average Bonchev–Trinajstić information content (AvgIpc) is 2.28. The minimum atomic E-state index is -1.06. The molecule has 0 aliphatic rings. The lowest BCUT2D eigenvalue weighted by molar-refractivity contribution is 0.0691. The number of aromatic nitrogens is 1. The Hall–Kier alpha value is -1.62. The van der Waals surface area contributed by atoms with Crippen molar-refractivity contribution in [3.05, 3.63) is 24.0 Å². The van der Waals surface area contributed by atoms with Gasteiger partial charge in [-0.05, 0) is 24.5 Å². The van der Waals surface area contributed by atoms with Crippen molar-refractivity contribution in [2.45, 2.75) is 26.3 Å². The first-order valence-corrected chi connectivity index (χ1v) is 5.62. The van der Waals surface area contributed by atoms with Crippen molar-refractivity contribution in [1.82, 2.24) is 4.98 Å². The van der Waals surface area contributed by atoms with Crippen LogP contribution in [-0.2, 0) is 0 Å². The van der Waals surface area contributed by atoms with Crippen LogP contribution in [0.25, 0.3) is 0 Å². The molecular formula is C12H18N2O3. The minimum absolute atomic E-state index is 0.0103. The van der Waals surface area contributed by atoms with Crippen LogP contribution in [0.3, 0.4) is 0 Å². The largest absolute Gasteiger partial charge is 0.476 e. The minimum Gasteiger partial charge on any atom is -0.476 e. The molecule has 5 heteroatoms. The second-order valence-electron chi connectivity index (χ2n) is 4.21. The fraction of sp³-hybridized carbons (Fsp3) is 0.500. The molecule has 0 fully saturated rings. The van der Waals surface area contributed by atoms with Gasteiger partial charge in [-0.15, -0.1) is 0 Å². The van der Waals surface area contributed by atoms with Gasteiger partial charge in [-0.1, -0.05) is 13.8 Å². The summed E-state index contributed by atoms with van der Waals surface area (Å²) in [4.78, 5) is 14.8. The summed E-state index contributed by atoms with van der Waals surface area (Å²) in [5.41, 5.74) is 0.503. The first-order valence-electron chi connectivity index (χ1n) is 5.62. The molecule has 0 aliphatic carbocycles. The number of hydrogen-bond donors (Lipinski definition) is 3. The molecule has 0 aromatic carbocycles. The Labute approximate surface area is 101 Å². The lowest BCUT2D eigenvalue weighted by Crippen LogP contribution is -2.28. The zero-order valence-corrected chi connectivity index (χ0v) is 10.1. The zero-order valence-electron chi connectivity index (χ0n) is 10.1. The molecule has 0 saturated carbocycles. The van der Waals surface area contributed by atoms with Crippen LogP contribution < -0.4 is 5.32 Å². The number of carboxylic acids is 1. The van der Waals surface area contributed by atoms with Gasteiger partial charge in [-0.25, -0.2) is 9.78 Å². The van der Waals surface area contributed by atoms with Crippen LogP contribution in [0.5, 0.6) is 0 Å². The van der Waals surface area contributed by atoms with Gasteiger partial charge in [0.2, 0.25) is 0 Å². The Bertz CT molecular complexity index is 380. The van der Waals surface area contributed by atoms with Gasteiger partial charge in [0, 0.05) is 18.8 Å². The first-order chi connectivity index (χ1) is 8.06. The smallest absolute Gasteiger partial charge is 0.356 e. The summed E-state index contributed by atoms with van der Waals surface area (Å²) in [5, 5.41) is 21.1. The summed E-state index contributed by atoms with van der Waals surface area (Å²) in [7, 11) is 0. The Morgan fingerprint density at radius 1 is 1.53 bits per heavy atom. The van der Waals surface area contributed by atoms with E-state index in [0.29, 0.717) is 18.0 Å². The van der Waals surface area contributed by atoms with Crippen molar-refractivity contribution in [3.8, 4) is 0 Å². The van der Waals surface area contributed by atoms with Crippen LogP contribution in [-0.4, -0.2) is 33.8 Å². The fourth-order valence-corrected chi connectivity index (χ4v) is 1.60. The van der Waals surface area contributed by atoms with Gasteiger partial charge in [0.1, 0.15) is 0 Å². The molecule has 3 N–H and O–H groups in total. The van der Waals surface area contributed by atoms with E-state index < -0.39 is 5.97 Å². The van der Waals surface area contributed by atoms with E-state index in [0.717, 1.165) is 0 Å². The van der Waals surface area contributed by atoms with Crippen LogP contribution in [0.15, 0.2) is 18.3 Å². The Balaban J connectivity index is 2.88. The lowest BCUT2D eigenvalue weighted by atomic mass is 10.0. The van der Waals surface area contributed by atoms with E-state index in [4.69, 9.17) is 10.2 Å². The molecule has 1 heterocycles. The van der Waals surface area contributed by atoms with Crippen molar-refractivity contribution in [2.75, 3.05) is 11.9 Å². The van der Waals surface area contributed by atoms with Crippen LogP contribution in [0.1, 0.15) is 30.8 Å². The molecule has 0 spiro atoms. The van der Waals surface area contributed by atoms with Gasteiger partial charge in [-0.3, -0.25) is 0 Å². The van der Waals surface area contributed by atoms with Crippen LogP contribution in [0, 0.1) is 5.92 Å². The number of anilines is 1. The van der Waals surface area contributed by atoms with Crippen molar-refractivity contribution < 1.29 is 15.0 Å². The van der Waals surface area contributed by atoms with Crippen molar-refractivity contribution in [2.24, 2.45) is 5.92 Å². The Kier molecular flexibility index (Phi) is 4.90. The number of hydrogen-bond acceptors (Lipinski definition) is 4. The van der Waals surface area contributed by atoms with Gasteiger partial charge < -0.3 is 15.5 Å². The van der Waals surface area contributed by atoms with Gasteiger partial charge >= 0.3 is 5.97 Å². The molecule has 17 heavy (non-hydrogen) atoms. The van der Waals surface area contributed by atoms with Crippen LogP contribution >= 0.6 is 0 Å². The summed E-state index contributed by atoms with van der Waals surface area (Å²) in [6, 6.07) is 3.40. The highest BCUT2D eigenvalue weighted by Crippen LogP contribution is 2.17.